The largest absolute Gasteiger partial charge is 0.485 e. The molecule has 6 heteroatoms. The van der Waals surface area contributed by atoms with Crippen LogP contribution >= 0.6 is 0 Å². The highest BCUT2D eigenvalue weighted by atomic mass is 16.5. The van der Waals surface area contributed by atoms with Gasteiger partial charge in [0, 0.05) is 42.8 Å². The second-order valence-corrected chi connectivity index (χ2v) is 7.42. The monoisotopic (exact) mass is 386 g/mol. The number of hydrogen-bond acceptors (Lipinski definition) is 4. The van der Waals surface area contributed by atoms with Gasteiger partial charge in [-0.3, -0.25) is 9.36 Å². The number of nitrogens with zero attached hydrogens (tertiary/aromatic N) is 4. The molecule has 0 amide bonds. The van der Waals surface area contributed by atoms with E-state index in [1.165, 1.54) is 41.1 Å². The molecule has 29 heavy (non-hydrogen) atoms. The van der Waals surface area contributed by atoms with E-state index in [0.29, 0.717) is 11.6 Å². The van der Waals surface area contributed by atoms with Gasteiger partial charge in [0.2, 0.25) is 0 Å². The van der Waals surface area contributed by atoms with Gasteiger partial charge in [0.1, 0.15) is 12.4 Å². The van der Waals surface area contributed by atoms with Crippen LogP contribution in [0.4, 0.5) is 0 Å². The van der Waals surface area contributed by atoms with Crippen LogP contribution in [0, 0.1) is 0 Å². The lowest BCUT2D eigenvalue weighted by Crippen LogP contribution is -2.17. The SMILES string of the molecule is Cn1c2c(c3ccc(-n4ccc(OCc5ncccn5)cc4=O)cc31)CCCC2. The van der Waals surface area contributed by atoms with E-state index in [9.17, 15) is 4.79 Å². The smallest absolute Gasteiger partial charge is 0.258 e. The fourth-order valence-electron chi connectivity index (χ4n) is 4.21. The predicted molar refractivity (Wildman–Crippen MR) is 112 cm³/mol. The summed E-state index contributed by atoms with van der Waals surface area (Å²) in [5.41, 5.74) is 4.82. The van der Waals surface area contributed by atoms with Crippen molar-refractivity contribution in [3.63, 3.8) is 0 Å². The number of pyridine rings is 1. The van der Waals surface area contributed by atoms with Crippen molar-refractivity contribution in [3.05, 3.63) is 82.4 Å². The Bertz CT molecular complexity index is 1240. The van der Waals surface area contributed by atoms with E-state index in [4.69, 9.17) is 4.74 Å². The summed E-state index contributed by atoms with van der Waals surface area (Å²) in [6, 6.07) is 11.3. The summed E-state index contributed by atoms with van der Waals surface area (Å²) >= 11 is 0. The topological polar surface area (TPSA) is 61.9 Å². The molecule has 0 saturated carbocycles. The quantitative estimate of drug-likeness (QED) is 0.538. The molecule has 0 bridgehead atoms. The summed E-state index contributed by atoms with van der Waals surface area (Å²) in [5, 5.41) is 1.31. The molecule has 0 aliphatic heterocycles. The van der Waals surface area contributed by atoms with Crippen molar-refractivity contribution in [2.75, 3.05) is 0 Å². The highest BCUT2D eigenvalue weighted by Gasteiger charge is 2.18. The molecule has 0 N–H and O–H groups in total. The van der Waals surface area contributed by atoms with Gasteiger partial charge in [0.25, 0.3) is 5.56 Å². The lowest BCUT2D eigenvalue weighted by Gasteiger charge is -2.12. The van der Waals surface area contributed by atoms with Gasteiger partial charge in [-0.2, -0.15) is 0 Å². The van der Waals surface area contributed by atoms with E-state index in [1.807, 2.05) is 6.07 Å². The van der Waals surface area contributed by atoms with Gasteiger partial charge in [0.15, 0.2) is 5.82 Å². The van der Waals surface area contributed by atoms with Crippen LogP contribution in [0.1, 0.15) is 29.9 Å². The lowest BCUT2D eigenvalue weighted by atomic mass is 9.95. The Labute approximate surface area is 168 Å². The molecule has 4 aromatic rings. The van der Waals surface area contributed by atoms with Crippen LogP contribution < -0.4 is 10.3 Å². The van der Waals surface area contributed by atoms with Crippen LogP contribution in [0.15, 0.2) is 59.8 Å². The number of aromatic nitrogens is 4. The Balaban J connectivity index is 1.45. The molecule has 1 aliphatic rings. The Kier molecular flexibility index (Phi) is 4.39. The molecule has 0 fully saturated rings. The van der Waals surface area contributed by atoms with E-state index < -0.39 is 0 Å². The Morgan fingerprint density at radius 3 is 2.72 bits per heavy atom. The molecule has 3 heterocycles. The molecule has 0 saturated heterocycles. The fraction of sp³-hybridized carbons (Fsp3) is 0.261. The molecule has 6 nitrogen and oxygen atoms in total. The zero-order valence-electron chi connectivity index (χ0n) is 16.3. The third-order valence-corrected chi connectivity index (χ3v) is 5.67. The molecule has 0 unspecified atom stereocenters. The van der Waals surface area contributed by atoms with Crippen LogP contribution in [-0.4, -0.2) is 19.1 Å². The van der Waals surface area contributed by atoms with E-state index in [2.05, 4.69) is 33.7 Å². The number of hydrogen-bond donors (Lipinski definition) is 0. The van der Waals surface area contributed by atoms with Crippen molar-refractivity contribution in [2.24, 2.45) is 7.05 Å². The molecule has 0 atom stereocenters. The summed E-state index contributed by atoms with van der Waals surface area (Å²) < 4.78 is 9.60. The van der Waals surface area contributed by atoms with Gasteiger partial charge in [0.05, 0.1) is 11.2 Å². The number of ether oxygens (including phenoxy) is 1. The minimum atomic E-state index is -0.130. The number of benzene rings is 1. The molecular weight excluding hydrogens is 364 g/mol. The summed E-state index contributed by atoms with van der Waals surface area (Å²) in [4.78, 5) is 21.0. The molecule has 1 aromatic carbocycles. The van der Waals surface area contributed by atoms with E-state index in [1.54, 1.807) is 35.3 Å². The first-order valence-electron chi connectivity index (χ1n) is 9.93. The molecule has 0 radical (unpaired) electrons. The first-order chi connectivity index (χ1) is 14.2. The van der Waals surface area contributed by atoms with Gasteiger partial charge >= 0.3 is 0 Å². The van der Waals surface area contributed by atoms with Crippen LogP contribution in [0.25, 0.3) is 16.6 Å². The van der Waals surface area contributed by atoms with Crippen LogP contribution in [-0.2, 0) is 26.5 Å². The maximum absolute atomic E-state index is 12.7. The molecule has 1 aliphatic carbocycles. The minimum Gasteiger partial charge on any atom is -0.485 e. The van der Waals surface area contributed by atoms with Gasteiger partial charge in [-0.15, -0.1) is 0 Å². The van der Waals surface area contributed by atoms with Crippen molar-refractivity contribution >= 4 is 10.9 Å². The van der Waals surface area contributed by atoms with E-state index in [0.717, 1.165) is 18.5 Å². The van der Waals surface area contributed by atoms with E-state index >= 15 is 0 Å². The Hall–Kier alpha value is -3.41. The average Bonchev–Trinajstić information content (AvgIpc) is 3.05. The Morgan fingerprint density at radius 2 is 1.90 bits per heavy atom. The fourth-order valence-corrected chi connectivity index (χ4v) is 4.21. The summed E-state index contributed by atoms with van der Waals surface area (Å²) in [6.07, 6.45) is 9.87. The first-order valence-corrected chi connectivity index (χ1v) is 9.93. The highest BCUT2D eigenvalue weighted by molar-refractivity contribution is 5.87. The van der Waals surface area contributed by atoms with Crippen molar-refractivity contribution in [1.29, 1.82) is 0 Å². The van der Waals surface area contributed by atoms with Crippen molar-refractivity contribution in [2.45, 2.75) is 32.3 Å². The predicted octanol–water partition coefficient (Wildman–Crippen LogP) is 3.58. The zero-order chi connectivity index (χ0) is 19.8. The highest BCUT2D eigenvalue weighted by Crippen LogP contribution is 2.32. The van der Waals surface area contributed by atoms with Crippen molar-refractivity contribution in [3.8, 4) is 11.4 Å². The third kappa shape index (κ3) is 3.20. The molecular formula is C23H22N4O2. The van der Waals surface area contributed by atoms with E-state index in [-0.39, 0.29) is 12.2 Å². The second kappa shape index (κ2) is 7.20. The third-order valence-electron chi connectivity index (χ3n) is 5.67. The Morgan fingerprint density at radius 1 is 1.07 bits per heavy atom. The van der Waals surface area contributed by atoms with Crippen LogP contribution in [0.3, 0.4) is 0 Å². The molecule has 5 rings (SSSR count). The summed E-state index contributed by atoms with van der Waals surface area (Å²) in [7, 11) is 2.13. The molecule has 0 spiro atoms. The maximum atomic E-state index is 12.7. The number of rotatable bonds is 4. The maximum Gasteiger partial charge on any atom is 0.258 e. The number of aryl methyl sites for hydroxylation is 2. The molecule has 146 valence electrons. The second-order valence-electron chi connectivity index (χ2n) is 7.42. The lowest BCUT2D eigenvalue weighted by molar-refractivity contribution is 0.295. The van der Waals surface area contributed by atoms with Gasteiger partial charge < -0.3 is 9.30 Å². The van der Waals surface area contributed by atoms with Crippen molar-refractivity contribution < 1.29 is 4.74 Å². The average molecular weight is 386 g/mol. The van der Waals surface area contributed by atoms with Crippen LogP contribution in [0.2, 0.25) is 0 Å². The number of fused-ring (bicyclic) bond motifs is 3. The summed E-state index contributed by atoms with van der Waals surface area (Å²) in [6.45, 7) is 0.227. The normalized spacial score (nSPS) is 13.4. The first kappa shape index (κ1) is 17.7. The zero-order valence-corrected chi connectivity index (χ0v) is 16.3. The van der Waals surface area contributed by atoms with Gasteiger partial charge in [-0.25, -0.2) is 9.97 Å². The van der Waals surface area contributed by atoms with Gasteiger partial charge in [-0.05, 0) is 55.5 Å². The standard InChI is InChI=1S/C23H22N4O2/c1-26-20-6-3-2-5-18(20)19-8-7-16(13-21(19)26)27-12-9-17(14-23(27)28)29-15-22-24-10-4-11-25-22/h4,7-14H,2-3,5-6,15H2,1H3. The van der Waals surface area contributed by atoms with Gasteiger partial charge in [-0.1, -0.05) is 6.07 Å². The van der Waals surface area contributed by atoms with Crippen molar-refractivity contribution in [1.82, 2.24) is 19.1 Å². The summed E-state index contributed by atoms with van der Waals surface area (Å²) in [5.74, 6) is 1.09. The minimum absolute atomic E-state index is 0.130. The molecule has 3 aromatic heterocycles. The van der Waals surface area contributed by atoms with Crippen LogP contribution in [0.5, 0.6) is 5.75 Å².